The van der Waals surface area contributed by atoms with Gasteiger partial charge < -0.3 is 10.6 Å². The molecule has 2 heteroatoms. The van der Waals surface area contributed by atoms with E-state index < -0.39 is 0 Å². The second-order valence-electron chi connectivity index (χ2n) is 4.94. The van der Waals surface area contributed by atoms with Crippen LogP contribution in [0.2, 0.25) is 0 Å². The average Bonchev–Trinajstić information content (AvgIpc) is 2.34. The first-order valence-electron chi connectivity index (χ1n) is 6.68. The zero-order valence-electron chi connectivity index (χ0n) is 11.4. The van der Waals surface area contributed by atoms with Crippen molar-refractivity contribution in [3.63, 3.8) is 0 Å². The molecular formula is C15H26N2. The normalized spacial score (nSPS) is 12.5. The highest BCUT2D eigenvalue weighted by atomic mass is 15.1. The molecule has 1 aromatic carbocycles. The van der Waals surface area contributed by atoms with Gasteiger partial charge >= 0.3 is 0 Å². The summed E-state index contributed by atoms with van der Waals surface area (Å²) in [5.41, 5.74) is 8.68. The van der Waals surface area contributed by atoms with Gasteiger partial charge in [-0.2, -0.15) is 0 Å². The quantitative estimate of drug-likeness (QED) is 0.728. The lowest BCUT2D eigenvalue weighted by atomic mass is 10.0. The average molecular weight is 234 g/mol. The van der Waals surface area contributed by atoms with Gasteiger partial charge in [0, 0.05) is 25.8 Å². The molecule has 96 valence electrons. The Hall–Kier alpha value is -1.02. The smallest absolute Gasteiger partial charge is 0.0361 e. The third-order valence-electron chi connectivity index (χ3n) is 3.21. The summed E-state index contributed by atoms with van der Waals surface area (Å²) in [6, 6.07) is 8.78. The van der Waals surface area contributed by atoms with Crippen LogP contribution in [-0.2, 0) is 0 Å². The SMILES string of the molecule is CCCCCCC(N)c1ccc(N(C)C)cc1. The maximum absolute atomic E-state index is 6.19. The van der Waals surface area contributed by atoms with Crippen molar-refractivity contribution < 1.29 is 0 Å². The molecule has 0 heterocycles. The standard InChI is InChI=1S/C15H26N2/c1-4-5-6-7-8-15(16)13-9-11-14(12-10-13)17(2)3/h9-12,15H,4-8,16H2,1-3H3. The molecular weight excluding hydrogens is 208 g/mol. The van der Waals surface area contributed by atoms with Gasteiger partial charge in [-0.1, -0.05) is 44.7 Å². The lowest BCUT2D eigenvalue weighted by Gasteiger charge is -2.15. The first-order chi connectivity index (χ1) is 8.15. The number of hydrogen-bond donors (Lipinski definition) is 1. The largest absolute Gasteiger partial charge is 0.378 e. The number of nitrogens with zero attached hydrogens (tertiary/aromatic N) is 1. The molecule has 0 aromatic heterocycles. The predicted octanol–water partition coefficient (Wildman–Crippen LogP) is 3.72. The number of nitrogens with two attached hydrogens (primary N) is 1. The minimum absolute atomic E-state index is 0.197. The number of hydrogen-bond acceptors (Lipinski definition) is 2. The van der Waals surface area contributed by atoms with Gasteiger partial charge in [0.1, 0.15) is 0 Å². The molecule has 0 saturated carbocycles. The zero-order valence-corrected chi connectivity index (χ0v) is 11.4. The third kappa shape index (κ3) is 4.78. The summed E-state index contributed by atoms with van der Waals surface area (Å²) >= 11 is 0. The zero-order chi connectivity index (χ0) is 12.7. The van der Waals surface area contributed by atoms with E-state index in [2.05, 4.69) is 50.2 Å². The molecule has 2 nitrogen and oxygen atoms in total. The molecule has 1 atom stereocenters. The second kappa shape index (κ2) is 7.33. The van der Waals surface area contributed by atoms with Crippen LogP contribution in [0.15, 0.2) is 24.3 Å². The molecule has 0 bridgehead atoms. The van der Waals surface area contributed by atoms with Crippen molar-refractivity contribution in [3.05, 3.63) is 29.8 Å². The van der Waals surface area contributed by atoms with Crippen molar-refractivity contribution in [2.75, 3.05) is 19.0 Å². The number of rotatable bonds is 7. The fourth-order valence-electron chi connectivity index (χ4n) is 1.98. The first kappa shape index (κ1) is 14.0. The lowest BCUT2D eigenvalue weighted by molar-refractivity contribution is 0.566. The summed E-state index contributed by atoms with van der Waals surface area (Å²) in [5.74, 6) is 0. The highest BCUT2D eigenvalue weighted by Crippen LogP contribution is 2.20. The molecule has 1 aromatic rings. The van der Waals surface area contributed by atoms with Crippen LogP contribution >= 0.6 is 0 Å². The van der Waals surface area contributed by atoms with Crippen LogP contribution in [0.5, 0.6) is 0 Å². The maximum atomic E-state index is 6.19. The van der Waals surface area contributed by atoms with E-state index in [1.54, 1.807) is 0 Å². The summed E-state index contributed by atoms with van der Waals surface area (Å²) in [6.45, 7) is 2.24. The van der Waals surface area contributed by atoms with Crippen molar-refractivity contribution in [3.8, 4) is 0 Å². The minimum Gasteiger partial charge on any atom is -0.378 e. The molecule has 0 radical (unpaired) electrons. The highest BCUT2D eigenvalue weighted by molar-refractivity contribution is 5.46. The Labute approximate surface area is 106 Å². The molecule has 0 amide bonds. The molecule has 0 spiro atoms. The monoisotopic (exact) mass is 234 g/mol. The Morgan fingerprint density at radius 2 is 1.71 bits per heavy atom. The van der Waals surface area contributed by atoms with E-state index in [0.717, 1.165) is 6.42 Å². The van der Waals surface area contributed by atoms with Gasteiger partial charge in [-0.3, -0.25) is 0 Å². The van der Waals surface area contributed by atoms with Crippen molar-refractivity contribution in [2.45, 2.75) is 45.1 Å². The highest BCUT2D eigenvalue weighted by Gasteiger charge is 2.05. The van der Waals surface area contributed by atoms with Gasteiger partial charge in [-0.15, -0.1) is 0 Å². The molecule has 2 N–H and O–H groups in total. The second-order valence-corrected chi connectivity index (χ2v) is 4.94. The van der Waals surface area contributed by atoms with Crippen LogP contribution in [0.4, 0.5) is 5.69 Å². The maximum Gasteiger partial charge on any atom is 0.0361 e. The van der Waals surface area contributed by atoms with Crippen LogP contribution in [0, 0.1) is 0 Å². The topological polar surface area (TPSA) is 29.3 Å². The van der Waals surface area contributed by atoms with Crippen molar-refractivity contribution in [1.82, 2.24) is 0 Å². The molecule has 0 saturated heterocycles. The summed E-state index contributed by atoms with van der Waals surface area (Å²) in [6.07, 6.45) is 6.25. The Morgan fingerprint density at radius 3 is 2.24 bits per heavy atom. The van der Waals surface area contributed by atoms with E-state index in [1.807, 2.05) is 0 Å². The number of unbranched alkanes of at least 4 members (excludes halogenated alkanes) is 3. The summed E-state index contributed by atoms with van der Waals surface area (Å²) in [4.78, 5) is 2.11. The molecule has 17 heavy (non-hydrogen) atoms. The lowest BCUT2D eigenvalue weighted by Crippen LogP contribution is -2.12. The first-order valence-corrected chi connectivity index (χ1v) is 6.68. The Morgan fingerprint density at radius 1 is 1.06 bits per heavy atom. The summed E-state index contributed by atoms with van der Waals surface area (Å²) < 4.78 is 0. The van der Waals surface area contributed by atoms with E-state index in [1.165, 1.54) is 36.9 Å². The van der Waals surface area contributed by atoms with Gasteiger partial charge in [0.25, 0.3) is 0 Å². The van der Waals surface area contributed by atoms with Gasteiger partial charge in [-0.05, 0) is 24.1 Å². The van der Waals surface area contributed by atoms with Crippen molar-refractivity contribution in [2.24, 2.45) is 5.73 Å². The van der Waals surface area contributed by atoms with E-state index in [9.17, 15) is 0 Å². The molecule has 0 aliphatic carbocycles. The summed E-state index contributed by atoms with van der Waals surface area (Å²) in [5, 5.41) is 0. The van der Waals surface area contributed by atoms with Crippen LogP contribution in [-0.4, -0.2) is 14.1 Å². The van der Waals surface area contributed by atoms with Crippen LogP contribution < -0.4 is 10.6 Å². The molecule has 0 aliphatic rings. The van der Waals surface area contributed by atoms with E-state index >= 15 is 0 Å². The van der Waals surface area contributed by atoms with Gasteiger partial charge in [-0.25, -0.2) is 0 Å². The summed E-state index contributed by atoms with van der Waals surface area (Å²) in [7, 11) is 4.11. The molecule has 0 aliphatic heterocycles. The minimum atomic E-state index is 0.197. The van der Waals surface area contributed by atoms with Crippen LogP contribution in [0.1, 0.15) is 50.6 Å². The fourth-order valence-corrected chi connectivity index (χ4v) is 1.98. The predicted molar refractivity (Wildman–Crippen MR) is 76.5 cm³/mol. The van der Waals surface area contributed by atoms with E-state index in [0.29, 0.717) is 0 Å². The fraction of sp³-hybridized carbons (Fsp3) is 0.600. The van der Waals surface area contributed by atoms with Gasteiger partial charge in [0.2, 0.25) is 0 Å². The van der Waals surface area contributed by atoms with Crippen molar-refractivity contribution in [1.29, 1.82) is 0 Å². The van der Waals surface area contributed by atoms with Crippen molar-refractivity contribution >= 4 is 5.69 Å². The van der Waals surface area contributed by atoms with E-state index in [-0.39, 0.29) is 6.04 Å². The molecule has 0 fully saturated rings. The Kier molecular flexibility index (Phi) is 6.06. The Balaban J connectivity index is 2.43. The number of anilines is 1. The Bertz CT molecular complexity index is 303. The molecule has 1 unspecified atom stereocenters. The van der Waals surface area contributed by atoms with Crippen LogP contribution in [0.25, 0.3) is 0 Å². The van der Waals surface area contributed by atoms with Gasteiger partial charge in [0.05, 0.1) is 0 Å². The van der Waals surface area contributed by atoms with Gasteiger partial charge in [0.15, 0.2) is 0 Å². The third-order valence-corrected chi connectivity index (χ3v) is 3.21. The number of benzene rings is 1. The molecule has 1 rings (SSSR count). The van der Waals surface area contributed by atoms with Crippen LogP contribution in [0.3, 0.4) is 0 Å². The van der Waals surface area contributed by atoms with E-state index in [4.69, 9.17) is 5.73 Å².